The Labute approximate surface area is 275 Å². The summed E-state index contributed by atoms with van der Waals surface area (Å²) in [5.41, 5.74) is 4.77. The van der Waals surface area contributed by atoms with Gasteiger partial charge >= 0.3 is 6.18 Å². The number of rotatable bonds is 5. The van der Waals surface area contributed by atoms with E-state index in [1.54, 1.807) is 26.9 Å². The molecule has 13 heteroatoms. The number of carbonyl (C=O) groups excluding carboxylic acids is 1. The number of aromatic nitrogens is 5. The molecule has 240 valence electrons. The molecular formula is C34H29BrF3N7O2. The first kappa shape index (κ1) is 30.9. The van der Waals surface area contributed by atoms with Crippen molar-refractivity contribution in [2.45, 2.75) is 51.9 Å². The lowest BCUT2D eigenvalue weighted by Crippen LogP contribution is -2.46. The Morgan fingerprint density at radius 2 is 1.87 bits per heavy atom. The molecule has 0 N–H and O–H groups in total. The zero-order chi connectivity index (χ0) is 33.2. The van der Waals surface area contributed by atoms with Crippen molar-refractivity contribution in [2.24, 2.45) is 12.0 Å². The molecule has 0 aliphatic carbocycles. The number of aliphatic imine (C=N–C) groups is 1. The molecule has 2 aliphatic heterocycles. The predicted octanol–water partition coefficient (Wildman–Crippen LogP) is 6.38. The van der Waals surface area contributed by atoms with E-state index < -0.39 is 23.7 Å². The average molecular weight is 705 g/mol. The summed E-state index contributed by atoms with van der Waals surface area (Å²) in [4.78, 5) is 34.2. The highest BCUT2D eigenvalue weighted by Gasteiger charge is 2.37. The van der Waals surface area contributed by atoms with E-state index in [1.807, 2.05) is 56.6 Å². The molecule has 2 aromatic carbocycles. The number of hydrogen-bond donors (Lipinski definition) is 0. The largest absolute Gasteiger partial charge is 0.417 e. The Bertz CT molecular complexity index is 2190. The third kappa shape index (κ3) is 5.32. The smallest absolute Gasteiger partial charge is 0.330 e. The molecular weight excluding hydrogens is 675 g/mol. The van der Waals surface area contributed by atoms with Crippen molar-refractivity contribution in [1.82, 2.24) is 28.9 Å². The fourth-order valence-electron chi connectivity index (χ4n) is 6.48. The zero-order valence-electron chi connectivity index (χ0n) is 25.7. The molecule has 5 heterocycles. The van der Waals surface area contributed by atoms with E-state index in [9.17, 15) is 22.8 Å². The van der Waals surface area contributed by atoms with Gasteiger partial charge in [0.1, 0.15) is 5.65 Å². The third-order valence-electron chi connectivity index (χ3n) is 8.88. The van der Waals surface area contributed by atoms with E-state index in [-0.39, 0.29) is 28.6 Å². The van der Waals surface area contributed by atoms with Gasteiger partial charge in [0.05, 0.1) is 29.7 Å². The van der Waals surface area contributed by atoms with E-state index in [2.05, 4.69) is 20.9 Å². The van der Waals surface area contributed by atoms with Gasteiger partial charge < -0.3 is 4.90 Å². The molecule has 0 saturated carbocycles. The zero-order valence-corrected chi connectivity index (χ0v) is 27.3. The van der Waals surface area contributed by atoms with Gasteiger partial charge in [-0.1, -0.05) is 46.3 Å². The van der Waals surface area contributed by atoms with Crippen LogP contribution < -0.4 is 5.56 Å². The van der Waals surface area contributed by atoms with Crippen molar-refractivity contribution in [3.63, 3.8) is 0 Å². The van der Waals surface area contributed by atoms with Crippen LogP contribution in [-0.2, 0) is 32.6 Å². The van der Waals surface area contributed by atoms with Gasteiger partial charge in [-0.3, -0.25) is 19.3 Å². The number of fused-ring (bicyclic) bond motifs is 3. The van der Waals surface area contributed by atoms with Crippen LogP contribution in [0.15, 0.2) is 80.8 Å². The van der Waals surface area contributed by atoms with Crippen LogP contribution in [0.3, 0.4) is 0 Å². The number of amides is 1. The quantitative estimate of drug-likeness (QED) is 0.213. The highest BCUT2D eigenvalue weighted by Crippen LogP contribution is 2.36. The third-order valence-corrected chi connectivity index (χ3v) is 9.58. The van der Waals surface area contributed by atoms with Crippen molar-refractivity contribution >= 4 is 39.3 Å². The molecule has 0 bridgehead atoms. The fourth-order valence-corrected chi connectivity index (χ4v) is 6.96. The van der Waals surface area contributed by atoms with Gasteiger partial charge in [-0.05, 0) is 44.0 Å². The normalized spacial score (nSPS) is 16.4. The Morgan fingerprint density at radius 3 is 2.57 bits per heavy atom. The Balaban J connectivity index is 1.38. The molecule has 0 spiro atoms. The Hall–Kier alpha value is -4.78. The first-order chi connectivity index (χ1) is 22.4. The molecule has 0 radical (unpaired) electrons. The predicted molar refractivity (Wildman–Crippen MR) is 175 cm³/mol. The molecule has 7 rings (SSSR count). The standard InChI is InChI=1S/C34H29BrF3N7O2/c1-19-13-25-29(18-43(19)32(46)22-9-10-27(35)26(15-22)34(36,37)38)45-31(23(17-40-45)14-21-7-5-4-6-8-21)44(33(25)47)30-16-28(42(3)41-30)24-11-12-39-20(24)2/h4-10,12,15-17,19H,11,13-14,18H2,1-3H3/t19-/m1/s1. The minimum Gasteiger partial charge on any atom is -0.330 e. The molecule has 9 nitrogen and oxygen atoms in total. The lowest BCUT2D eigenvalue weighted by atomic mass is 9.98. The first-order valence-corrected chi connectivity index (χ1v) is 15.8. The number of carbonyl (C=O) groups is 1. The molecule has 0 saturated heterocycles. The molecule has 5 aromatic rings. The number of hydrogen-bond acceptors (Lipinski definition) is 5. The van der Waals surface area contributed by atoms with Crippen molar-refractivity contribution < 1.29 is 18.0 Å². The summed E-state index contributed by atoms with van der Waals surface area (Å²) < 4.78 is 45.9. The molecule has 3 aromatic heterocycles. The van der Waals surface area contributed by atoms with Gasteiger partial charge in [0.2, 0.25) is 0 Å². The van der Waals surface area contributed by atoms with Crippen LogP contribution >= 0.6 is 15.9 Å². The number of allylic oxidation sites excluding steroid dienone is 2. The highest BCUT2D eigenvalue weighted by molar-refractivity contribution is 9.10. The Morgan fingerprint density at radius 1 is 1.11 bits per heavy atom. The number of alkyl halides is 3. The topological polar surface area (TPSA) is 89.8 Å². The second-order valence-electron chi connectivity index (χ2n) is 11.9. The maximum Gasteiger partial charge on any atom is 0.417 e. The first-order valence-electron chi connectivity index (χ1n) is 15.0. The lowest BCUT2D eigenvalue weighted by molar-refractivity contribution is -0.138. The molecule has 1 amide bonds. The fraction of sp³-hybridized carbons (Fsp3) is 0.265. The van der Waals surface area contributed by atoms with Crippen LogP contribution in [-0.4, -0.2) is 47.0 Å². The van der Waals surface area contributed by atoms with Gasteiger partial charge in [-0.2, -0.15) is 23.4 Å². The van der Waals surface area contributed by atoms with Crippen LogP contribution in [0.1, 0.15) is 64.3 Å². The summed E-state index contributed by atoms with van der Waals surface area (Å²) in [6.07, 6.45) is 0.261. The number of halogens is 4. The summed E-state index contributed by atoms with van der Waals surface area (Å²) in [7, 11) is 1.83. The summed E-state index contributed by atoms with van der Waals surface area (Å²) in [5.74, 6) is -0.130. The second-order valence-corrected chi connectivity index (χ2v) is 12.8. The minimum atomic E-state index is -4.64. The summed E-state index contributed by atoms with van der Waals surface area (Å²) in [6.45, 7) is 3.72. The molecule has 1 atom stereocenters. The minimum absolute atomic E-state index is 0.0112. The summed E-state index contributed by atoms with van der Waals surface area (Å²) in [6, 6.07) is 14.7. The van der Waals surface area contributed by atoms with Crippen LogP contribution in [0.4, 0.5) is 13.2 Å². The van der Waals surface area contributed by atoms with Gasteiger partial charge in [-0.25, -0.2) is 9.08 Å². The maximum atomic E-state index is 14.5. The van der Waals surface area contributed by atoms with Gasteiger partial charge in [0.25, 0.3) is 11.5 Å². The number of benzene rings is 2. The van der Waals surface area contributed by atoms with Gasteiger partial charge in [0, 0.05) is 70.6 Å². The van der Waals surface area contributed by atoms with Gasteiger partial charge in [0.15, 0.2) is 5.82 Å². The van der Waals surface area contributed by atoms with Gasteiger partial charge in [-0.15, -0.1) is 0 Å². The Kier molecular flexibility index (Phi) is 7.53. The summed E-state index contributed by atoms with van der Waals surface area (Å²) in [5, 5.41) is 9.50. The number of nitrogens with zero attached hydrogens (tertiary/aromatic N) is 7. The molecule has 2 aliphatic rings. The van der Waals surface area contributed by atoms with Crippen LogP contribution in [0.5, 0.6) is 0 Å². The summed E-state index contributed by atoms with van der Waals surface area (Å²) >= 11 is 2.95. The van der Waals surface area contributed by atoms with E-state index in [1.165, 1.54) is 17.0 Å². The average Bonchev–Trinajstić information content (AvgIpc) is 3.75. The highest BCUT2D eigenvalue weighted by atomic mass is 79.9. The lowest BCUT2D eigenvalue weighted by Gasteiger charge is -2.35. The van der Waals surface area contributed by atoms with E-state index in [0.29, 0.717) is 35.6 Å². The van der Waals surface area contributed by atoms with E-state index in [4.69, 9.17) is 10.2 Å². The maximum absolute atomic E-state index is 14.5. The molecule has 0 unspecified atom stereocenters. The van der Waals surface area contributed by atoms with Crippen molar-refractivity contribution in [3.8, 4) is 5.82 Å². The number of aryl methyl sites for hydroxylation is 1. The van der Waals surface area contributed by atoms with Crippen LogP contribution in [0.25, 0.3) is 17.0 Å². The second kappa shape index (κ2) is 11.5. The van der Waals surface area contributed by atoms with E-state index in [0.717, 1.165) is 34.2 Å². The SMILES string of the molecule is CC1=C(c2cc(-n3c(=O)c4c(n5ncc(Cc6ccccc6)c35)CN(C(=O)c3ccc(Br)c(C(F)(F)F)c3)[C@H](C)C4)nn2C)CC=N1. The van der Waals surface area contributed by atoms with Crippen LogP contribution in [0, 0.1) is 0 Å². The molecule has 0 fully saturated rings. The monoisotopic (exact) mass is 703 g/mol. The van der Waals surface area contributed by atoms with Crippen molar-refractivity contribution in [3.05, 3.63) is 121 Å². The van der Waals surface area contributed by atoms with Crippen molar-refractivity contribution in [2.75, 3.05) is 0 Å². The molecule has 47 heavy (non-hydrogen) atoms. The van der Waals surface area contributed by atoms with E-state index >= 15 is 0 Å². The van der Waals surface area contributed by atoms with Crippen molar-refractivity contribution in [1.29, 1.82) is 0 Å². The van der Waals surface area contributed by atoms with Crippen LogP contribution in [0.2, 0.25) is 0 Å².